The minimum atomic E-state index is -1.20. The summed E-state index contributed by atoms with van der Waals surface area (Å²) in [5.74, 6) is -4.78. The van der Waals surface area contributed by atoms with E-state index < -0.39 is 71.8 Å². The second-order valence-electron chi connectivity index (χ2n) is 17.7. The molecule has 356 valence electrons. The average Bonchev–Trinajstić information content (AvgIpc) is 3.30. The molecule has 0 radical (unpaired) electrons. The molecule has 14 nitrogen and oxygen atoms in total. The van der Waals surface area contributed by atoms with Gasteiger partial charge in [-0.2, -0.15) is 0 Å². The Hall–Kier alpha value is -6.64. The van der Waals surface area contributed by atoms with Crippen molar-refractivity contribution in [2.45, 2.75) is 110 Å². The minimum Gasteiger partial charge on any atom is -0.508 e. The summed E-state index contributed by atoms with van der Waals surface area (Å²) in [6.45, 7) is 8.72. The molecule has 0 aliphatic carbocycles. The summed E-state index contributed by atoms with van der Waals surface area (Å²) in [7, 11) is 0. The Balaban J connectivity index is 1.40. The third-order valence-electron chi connectivity index (χ3n) is 12.0. The first kappa shape index (κ1) is 51.3. The second-order valence-corrected chi connectivity index (χ2v) is 17.7. The van der Waals surface area contributed by atoms with Gasteiger partial charge in [0.15, 0.2) is 0 Å². The highest BCUT2D eigenvalue weighted by Gasteiger charge is 2.38. The summed E-state index contributed by atoms with van der Waals surface area (Å²) < 4.78 is 6.12. The van der Waals surface area contributed by atoms with E-state index in [-0.39, 0.29) is 49.7 Å². The number of esters is 1. The Morgan fingerprint density at radius 1 is 0.896 bits per heavy atom. The number of ketones is 1. The van der Waals surface area contributed by atoms with E-state index in [0.717, 1.165) is 11.1 Å². The van der Waals surface area contributed by atoms with Crippen LogP contribution in [0.15, 0.2) is 127 Å². The van der Waals surface area contributed by atoms with Crippen LogP contribution >= 0.6 is 0 Å². The first-order chi connectivity index (χ1) is 32.1. The first-order valence-corrected chi connectivity index (χ1v) is 23.1. The lowest BCUT2D eigenvalue weighted by atomic mass is 9.85. The van der Waals surface area contributed by atoms with Crippen molar-refractivity contribution in [2.75, 3.05) is 11.9 Å². The van der Waals surface area contributed by atoms with E-state index in [1.54, 1.807) is 64.1 Å². The van der Waals surface area contributed by atoms with Crippen LogP contribution in [0.4, 0.5) is 5.69 Å². The highest BCUT2D eigenvalue weighted by Crippen LogP contribution is 2.25. The van der Waals surface area contributed by atoms with Crippen molar-refractivity contribution in [1.82, 2.24) is 21.1 Å². The van der Waals surface area contributed by atoms with Gasteiger partial charge in [0, 0.05) is 37.6 Å². The average molecular weight is 916 g/mol. The molecule has 0 saturated carbocycles. The summed E-state index contributed by atoms with van der Waals surface area (Å²) in [6.07, 6.45) is 11.6. The maximum absolute atomic E-state index is 14.4. The standard InChI is InChI=1S/C53H65N5O9/c1-34(2)48-51(64)55-45(33-38-18-14-21-42(60)32-38)52(65)58-31-15-22-44(57-58)53(66)67-46(23-12-7-6-9-16-36(4)49(62)43(50(63)56-48)30-25-37(5)59)35(3)17-13-24-47(61)54-41-28-26-40(27-29-41)39-19-10-8-11-20-39/h6-14,17-21,24,26-29,32,34,36,43-46,48-49,57,60,62H,15-16,22-23,25,30-31,33H2,1-5H3,(H,54,61)(H,55,64)(H,56,63)/b9-6+,12-7+,24-13+,35-17+/t36?,43?,44?,45?,46-,48?,49?/m0/s1. The molecular formula is C53H65N5O9. The van der Waals surface area contributed by atoms with Gasteiger partial charge in [-0.05, 0) is 97.9 Å². The fraction of sp³-hybridized carbons (Fsp3) is 0.396. The summed E-state index contributed by atoms with van der Waals surface area (Å²) in [5.41, 5.74) is 6.95. The second kappa shape index (κ2) is 25.3. The number of phenols is 1. The molecule has 2 bridgehead atoms. The minimum absolute atomic E-state index is 0.0273. The number of amides is 4. The van der Waals surface area contributed by atoms with Crippen LogP contribution in [0.1, 0.15) is 78.7 Å². The number of allylic oxidation sites excluding steroid dienone is 5. The van der Waals surface area contributed by atoms with Crippen LogP contribution < -0.4 is 21.4 Å². The van der Waals surface area contributed by atoms with Gasteiger partial charge in [-0.3, -0.25) is 29.0 Å². The molecule has 2 aliphatic rings. The smallest absolute Gasteiger partial charge is 0.325 e. The summed E-state index contributed by atoms with van der Waals surface area (Å²) >= 11 is 0. The quantitative estimate of drug-likeness (QED) is 0.0686. The molecule has 6 N–H and O–H groups in total. The van der Waals surface area contributed by atoms with Crippen molar-refractivity contribution in [3.05, 3.63) is 133 Å². The van der Waals surface area contributed by atoms with Gasteiger partial charge >= 0.3 is 5.97 Å². The Morgan fingerprint density at radius 2 is 1.60 bits per heavy atom. The van der Waals surface area contributed by atoms with Gasteiger partial charge in [0.1, 0.15) is 35.8 Å². The number of aliphatic hydroxyl groups is 1. The lowest BCUT2D eigenvalue weighted by Gasteiger charge is -2.36. The molecule has 2 aliphatic heterocycles. The molecule has 7 atom stereocenters. The van der Waals surface area contributed by atoms with Gasteiger partial charge in [-0.15, -0.1) is 0 Å². The van der Waals surface area contributed by atoms with Crippen molar-refractivity contribution in [2.24, 2.45) is 17.8 Å². The number of Topliss-reactive ketones (excluding diaryl/α,β-unsaturated/α-hetero) is 1. The molecule has 0 spiro atoms. The van der Waals surface area contributed by atoms with Crippen LogP contribution in [0, 0.1) is 17.8 Å². The lowest BCUT2D eigenvalue weighted by molar-refractivity contribution is -0.156. The van der Waals surface area contributed by atoms with Crippen molar-refractivity contribution in [1.29, 1.82) is 0 Å². The zero-order valence-corrected chi connectivity index (χ0v) is 39.0. The van der Waals surface area contributed by atoms with Gasteiger partial charge in [-0.1, -0.05) is 112 Å². The van der Waals surface area contributed by atoms with Crippen LogP contribution in [0.2, 0.25) is 0 Å². The summed E-state index contributed by atoms with van der Waals surface area (Å²) in [4.78, 5) is 81.4. The van der Waals surface area contributed by atoms with Crippen molar-refractivity contribution in [3.63, 3.8) is 0 Å². The lowest BCUT2D eigenvalue weighted by Crippen LogP contribution is -2.62. The monoisotopic (exact) mass is 915 g/mol. The molecule has 4 amide bonds. The van der Waals surface area contributed by atoms with E-state index in [1.165, 1.54) is 30.1 Å². The molecule has 0 aromatic heterocycles. The molecule has 3 aromatic carbocycles. The number of anilines is 1. The molecule has 1 fully saturated rings. The largest absolute Gasteiger partial charge is 0.508 e. The highest BCUT2D eigenvalue weighted by molar-refractivity contribution is 5.99. The van der Waals surface area contributed by atoms with Gasteiger partial charge in [-0.25, -0.2) is 5.43 Å². The maximum atomic E-state index is 14.4. The molecular weight excluding hydrogens is 851 g/mol. The van der Waals surface area contributed by atoms with Gasteiger partial charge in [0.2, 0.25) is 17.7 Å². The van der Waals surface area contributed by atoms with E-state index in [4.69, 9.17) is 4.74 Å². The number of hydrazine groups is 1. The molecule has 1 saturated heterocycles. The SMILES string of the molecule is CC(=O)CCC1C(=O)NC(C(C)C)C(=O)NC(Cc2cccc(O)c2)C(=O)N2CCCC(N2)C(=O)O[C@H](/C(C)=C/C=C/C(=O)Nc2ccc(-c3ccccc3)cc2)C/C=C/C=C/CC(C)C1O. The first-order valence-electron chi connectivity index (χ1n) is 23.1. The van der Waals surface area contributed by atoms with Crippen molar-refractivity contribution >= 4 is 41.1 Å². The number of nitrogens with one attached hydrogen (secondary N) is 4. The zero-order chi connectivity index (χ0) is 48.5. The number of phenolic OH excluding ortho intramolecular Hbond substituents is 1. The fourth-order valence-corrected chi connectivity index (χ4v) is 7.99. The van der Waals surface area contributed by atoms with E-state index in [2.05, 4.69) is 21.4 Å². The Bertz CT molecular complexity index is 2310. The van der Waals surface area contributed by atoms with Gasteiger partial charge in [0.25, 0.3) is 5.91 Å². The van der Waals surface area contributed by atoms with Crippen LogP contribution in [0.5, 0.6) is 5.75 Å². The number of ether oxygens (including phenoxy) is 1. The number of benzene rings is 3. The molecule has 67 heavy (non-hydrogen) atoms. The Labute approximate surface area is 393 Å². The number of carbonyl (C=O) groups is 6. The third kappa shape index (κ3) is 15.7. The maximum Gasteiger partial charge on any atom is 0.325 e. The van der Waals surface area contributed by atoms with Gasteiger partial charge in [0.05, 0.1) is 12.0 Å². The van der Waals surface area contributed by atoms with Crippen LogP contribution in [0.25, 0.3) is 11.1 Å². The Morgan fingerprint density at radius 3 is 2.28 bits per heavy atom. The molecule has 6 unspecified atom stereocenters. The van der Waals surface area contributed by atoms with Crippen LogP contribution in [-0.4, -0.2) is 87.5 Å². The topological polar surface area (TPSA) is 203 Å². The number of hydrogen-bond donors (Lipinski definition) is 6. The van der Waals surface area contributed by atoms with Crippen molar-refractivity contribution < 1.29 is 43.7 Å². The van der Waals surface area contributed by atoms with Crippen LogP contribution in [0.3, 0.4) is 0 Å². The number of fused-ring (bicyclic) bond motifs is 2. The number of aromatic hydroxyl groups is 1. The number of aliphatic hydroxyl groups excluding tert-OH is 1. The molecule has 14 heteroatoms. The van der Waals surface area contributed by atoms with Gasteiger partial charge < -0.3 is 35.7 Å². The normalized spacial score (nSPS) is 25.0. The van der Waals surface area contributed by atoms with Crippen LogP contribution in [-0.2, 0) is 39.9 Å². The summed E-state index contributed by atoms with van der Waals surface area (Å²) in [6, 6.07) is 20.5. The van der Waals surface area contributed by atoms with E-state index >= 15 is 0 Å². The predicted molar refractivity (Wildman–Crippen MR) is 258 cm³/mol. The third-order valence-corrected chi connectivity index (χ3v) is 12.0. The molecule has 2 heterocycles. The summed E-state index contributed by atoms with van der Waals surface area (Å²) in [5, 5.41) is 31.6. The predicted octanol–water partition coefficient (Wildman–Crippen LogP) is 6.66. The number of nitrogens with zero attached hydrogens (tertiary/aromatic N) is 1. The molecule has 5 rings (SSSR count). The fourth-order valence-electron chi connectivity index (χ4n) is 7.99. The van der Waals surface area contributed by atoms with E-state index in [0.29, 0.717) is 36.1 Å². The number of carbonyl (C=O) groups excluding carboxylic acids is 6. The number of rotatable bonds is 11. The van der Waals surface area contributed by atoms with Crippen molar-refractivity contribution in [3.8, 4) is 16.9 Å². The highest BCUT2D eigenvalue weighted by atomic mass is 16.5. The molecule has 3 aromatic rings. The van der Waals surface area contributed by atoms with E-state index in [1.807, 2.05) is 66.7 Å². The number of cyclic esters (lactones) is 1. The zero-order valence-electron chi connectivity index (χ0n) is 39.0. The Kier molecular flexibility index (Phi) is 19.4. The number of hydrogen-bond acceptors (Lipinski definition) is 10. The van der Waals surface area contributed by atoms with E-state index in [9.17, 15) is 39.0 Å².